The van der Waals surface area contributed by atoms with E-state index < -0.39 is 0 Å². The van der Waals surface area contributed by atoms with Gasteiger partial charge in [0.05, 0.1) is 12.7 Å². The highest BCUT2D eigenvalue weighted by atomic mass is 35.5. The van der Waals surface area contributed by atoms with Crippen molar-refractivity contribution < 1.29 is 4.79 Å². The first-order chi connectivity index (χ1) is 10.2. The molecule has 1 heterocycles. The van der Waals surface area contributed by atoms with Crippen LogP contribution in [0.4, 0.5) is 0 Å². The predicted molar refractivity (Wildman–Crippen MR) is 88.3 cm³/mol. The van der Waals surface area contributed by atoms with Gasteiger partial charge in [-0.05, 0) is 19.0 Å². The van der Waals surface area contributed by atoms with Gasteiger partial charge in [-0.25, -0.2) is 4.68 Å². The van der Waals surface area contributed by atoms with Crippen molar-refractivity contribution >= 4 is 18.3 Å². The van der Waals surface area contributed by atoms with E-state index in [0.717, 1.165) is 12.1 Å². The predicted octanol–water partition coefficient (Wildman–Crippen LogP) is 1.48. The molecular weight excluding hydrogens is 302 g/mol. The van der Waals surface area contributed by atoms with E-state index >= 15 is 0 Å². The van der Waals surface area contributed by atoms with Gasteiger partial charge in [0.15, 0.2) is 5.69 Å². The first-order valence-electron chi connectivity index (χ1n) is 7.14. The third-order valence-electron chi connectivity index (χ3n) is 3.08. The average molecular weight is 324 g/mol. The molecule has 0 unspecified atom stereocenters. The van der Waals surface area contributed by atoms with Crippen molar-refractivity contribution in [2.75, 3.05) is 13.1 Å². The van der Waals surface area contributed by atoms with E-state index in [4.69, 9.17) is 0 Å². The second kappa shape index (κ2) is 9.17. The van der Waals surface area contributed by atoms with E-state index in [9.17, 15) is 4.79 Å². The summed E-state index contributed by atoms with van der Waals surface area (Å²) in [5, 5.41) is 14.0. The SMILES string of the molecule is CCN[C@H](C)CNC(=O)c1cn(Cc2ccccc2)nn1.Cl. The Balaban J connectivity index is 0.00000242. The number of amides is 1. The summed E-state index contributed by atoms with van der Waals surface area (Å²) >= 11 is 0. The summed E-state index contributed by atoms with van der Waals surface area (Å²) in [5.41, 5.74) is 1.46. The molecule has 1 amide bonds. The van der Waals surface area contributed by atoms with Crippen LogP contribution in [0.2, 0.25) is 0 Å². The summed E-state index contributed by atoms with van der Waals surface area (Å²) < 4.78 is 1.66. The molecule has 0 bridgehead atoms. The molecule has 2 rings (SSSR count). The minimum Gasteiger partial charge on any atom is -0.349 e. The Morgan fingerprint density at radius 2 is 2.05 bits per heavy atom. The van der Waals surface area contributed by atoms with Gasteiger partial charge in [-0.2, -0.15) is 0 Å². The van der Waals surface area contributed by atoms with Gasteiger partial charge in [-0.1, -0.05) is 42.5 Å². The molecule has 6 nitrogen and oxygen atoms in total. The number of aromatic nitrogens is 3. The Kier molecular flexibility index (Phi) is 7.56. The molecule has 0 aliphatic rings. The first-order valence-corrected chi connectivity index (χ1v) is 7.14. The zero-order valence-electron chi connectivity index (χ0n) is 12.8. The Morgan fingerprint density at radius 1 is 1.32 bits per heavy atom. The normalized spacial score (nSPS) is 11.5. The van der Waals surface area contributed by atoms with E-state index in [2.05, 4.69) is 20.9 Å². The molecule has 1 aromatic heterocycles. The highest BCUT2D eigenvalue weighted by Gasteiger charge is 2.11. The van der Waals surface area contributed by atoms with Crippen LogP contribution in [0, 0.1) is 0 Å². The van der Waals surface area contributed by atoms with E-state index in [0.29, 0.717) is 18.8 Å². The molecular formula is C15H22ClN5O. The van der Waals surface area contributed by atoms with E-state index in [1.54, 1.807) is 10.9 Å². The lowest BCUT2D eigenvalue weighted by Gasteiger charge is -2.12. The maximum atomic E-state index is 12.0. The summed E-state index contributed by atoms with van der Waals surface area (Å²) in [6.07, 6.45) is 1.67. The minimum atomic E-state index is -0.195. The van der Waals surface area contributed by atoms with E-state index in [-0.39, 0.29) is 24.4 Å². The van der Waals surface area contributed by atoms with Crippen molar-refractivity contribution in [3.63, 3.8) is 0 Å². The zero-order valence-corrected chi connectivity index (χ0v) is 13.6. The van der Waals surface area contributed by atoms with Crippen molar-refractivity contribution in [1.82, 2.24) is 25.6 Å². The van der Waals surface area contributed by atoms with Gasteiger partial charge >= 0.3 is 0 Å². The van der Waals surface area contributed by atoms with Crippen molar-refractivity contribution in [3.8, 4) is 0 Å². The number of benzene rings is 1. The molecule has 22 heavy (non-hydrogen) atoms. The number of rotatable bonds is 7. The fraction of sp³-hybridized carbons (Fsp3) is 0.400. The number of carbonyl (C=O) groups is 1. The third kappa shape index (κ3) is 5.46. The quantitative estimate of drug-likeness (QED) is 0.809. The second-order valence-electron chi connectivity index (χ2n) is 4.96. The van der Waals surface area contributed by atoms with Gasteiger partial charge in [-0.15, -0.1) is 17.5 Å². The molecule has 120 valence electrons. The largest absolute Gasteiger partial charge is 0.349 e. The van der Waals surface area contributed by atoms with Crippen LogP contribution in [0.1, 0.15) is 29.9 Å². The van der Waals surface area contributed by atoms with Crippen molar-refractivity contribution in [1.29, 1.82) is 0 Å². The average Bonchev–Trinajstić information content (AvgIpc) is 2.95. The Labute approximate surface area is 136 Å². The monoisotopic (exact) mass is 323 g/mol. The standard InChI is InChI=1S/C15H21N5O.ClH/c1-3-16-12(2)9-17-15(21)14-11-20(19-18-14)10-13-7-5-4-6-8-13;/h4-8,11-12,16H,3,9-10H2,1-2H3,(H,17,21);1H/t12-;/m1./s1. The highest BCUT2D eigenvalue weighted by molar-refractivity contribution is 5.91. The number of carbonyl (C=O) groups excluding carboxylic acids is 1. The van der Waals surface area contributed by atoms with Gasteiger partial charge in [0.2, 0.25) is 0 Å². The van der Waals surface area contributed by atoms with Gasteiger partial charge in [-0.3, -0.25) is 4.79 Å². The maximum absolute atomic E-state index is 12.0. The lowest BCUT2D eigenvalue weighted by molar-refractivity contribution is 0.0945. The van der Waals surface area contributed by atoms with Gasteiger partial charge in [0.25, 0.3) is 5.91 Å². The number of hydrogen-bond donors (Lipinski definition) is 2. The molecule has 2 N–H and O–H groups in total. The molecule has 0 aliphatic carbocycles. The Bertz CT molecular complexity index is 572. The topological polar surface area (TPSA) is 71.8 Å². The van der Waals surface area contributed by atoms with Crippen LogP contribution in [-0.2, 0) is 6.54 Å². The Morgan fingerprint density at radius 3 is 2.73 bits per heavy atom. The first kappa shape index (κ1) is 18.1. The smallest absolute Gasteiger partial charge is 0.273 e. The number of likely N-dealkylation sites (N-methyl/N-ethyl adjacent to an activating group) is 1. The molecule has 2 aromatic rings. The van der Waals surface area contributed by atoms with Crippen LogP contribution < -0.4 is 10.6 Å². The fourth-order valence-corrected chi connectivity index (χ4v) is 2.01. The molecule has 0 saturated heterocycles. The summed E-state index contributed by atoms with van der Waals surface area (Å²) in [7, 11) is 0. The van der Waals surface area contributed by atoms with Crippen molar-refractivity contribution in [2.24, 2.45) is 0 Å². The minimum absolute atomic E-state index is 0. The van der Waals surface area contributed by atoms with Crippen LogP contribution >= 0.6 is 12.4 Å². The summed E-state index contributed by atoms with van der Waals surface area (Å²) in [5.74, 6) is -0.195. The zero-order chi connectivity index (χ0) is 15.1. The number of nitrogens with one attached hydrogen (secondary N) is 2. The molecule has 1 aromatic carbocycles. The molecule has 0 saturated carbocycles. The number of nitrogens with zero attached hydrogens (tertiary/aromatic N) is 3. The lowest BCUT2D eigenvalue weighted by atomic mass is 10.2. The van der Waals surface area contributed by atoms with Crippen LogP contribution in [0.3, 0.4) is 0 Å². The van der Waals surface area contributed by atoms with Gasteiger partial charge in [0, 0.05) is 12.6 Å². The number of halogens is 1. The molecule has 0 spiro atoms. The second-order valence-corrected chi connectivity index (χ2v) is 4.96. The summed E-state index contributed by atoms with van der Waals surface area (Å²) in [6, 6.07) is 10.2. The molecule has 0 fully saturated rings. The number of hydrogen-bond acceptors (Lipinski definition) is 4. The van der Waals surface area contributed by atoms with Crippen LogP contribution in [0.15, 0.2) is 36.5 Å². The summed E-state index contributed by atoms with van der Waals surface area (Å²) in [4.78, 5) is 12.0. The Hall–Kier alpha value is -1.92. The highest BCUT2D eigenvalue weighted by Crippen LogP contribution is 2.02. The van der Waals surface area contributed by atoms with Crippen LogP contribution in [0.25, 0.3) is 0 Å². The molecule has 0 radical (unpaired) electrons. The fourth-order valence-electron chi connectivity index (χ4n) is 2.01. The molecule has 0 aliphatic heterocycles. The third-order valence-corrected chi connectivity index (χ3v) is 3.08. The molecule has 7 heteroatoms. The summed E-state index contributed by atoms with van der Waals surface area (Å²) in [6.45, 7) is 6.11. The van der Waals surface area contributed by atoms with Gasteiger partial charge < -0.3 is 10.6 Å². The lowest BCUT2D eigenvalue weighted by Crippen LogP contribution is -2.38. The maximum Gasteiger partial charge on any atom is 0.273 e. The van der Waals surface area contributed by atoms with Gasteiger partial charge in [0.1, 0.15) is 0 Å². The van der Waals surface area contributed by atoms with E-state index in [1.807, 2.05) is 44.2 Å². The molecule has 1 atom stereocenters. The van der Waals surface area contributed by atoms with Crippen LogP contribution in [-0.4, -0.2) is 40.0 Å². The van der Waals surface area contributed by atoms with Crippen molar-refractivity contribution in [3.05, 3.63) is 47.8 Å². The van der Waals surface area contributed by atoms with E-state index in [1.165, 1.54) is 0 Å². The van der Waals surface area contributed by atoms with Crippen molar-refractivity contribution in [2.45, 2.75) is 26.4 Å². The van der Waals surface area contributed by atoms with Crippen LogP contribution in [0.5, 0.6) is 0 Å².